The molecule has 2 N–H and O–H groups in total. The van der Waals surface area contributed by atoms with Crippen molar-refractivity contribution in [1.29, 1.82) is 0 Å². The molecular weight excluding hydrogens is 422 g/mol. The van der Waals surface area contributed by atoms with Crippen molar-refractivity contribution in [3.8, 4) is 11.4 Å². The topological polar surface area (TPSA) is 68.6 Å². The van der Waals surface area contributed by atoms with Gasteiger partial charge in [0.15, 0.2) is 0 Å². The van der Waals surface area contributed by atoms with E-state index in [9.17, 15) is 4.79 Å². The molecule has 1 saturated carbocycles. The van der Waals surface area contributed by atoms with E-state index in [2.05, 4.69) is 47.1 Å². The molecule has 4 aromatic rings. The van der Waals surface area contributed by atoms with Gasteiger partial charge in [0.25, 0.3) is 5.91 Å². The lowest BCUT2D eigenvalue weighted by atomic mass is 10.1. The molecule has 1 aliphatic heterocycles. The number of likely N-dealkylation sites (tertiary alicyclic amines) is 1. The Bertz CT molecular complexity index is 1390. The Morgan fingerprint density at radius 2 is 2.03 bits per heavy atom. The van der Waals surface area contributed by atoms with Gasteiger partial charge in [-0.25, -0.2) is 4.98 Å². The van der Waals surface area contributed by atoms with Crippen molar-refractivity contribution < 1.29 is 4.79 Å². The summed E-state index contributed by atoms with van der Waals surface area (Å²) in [5.74, 6) is 0.812. The second-order valence-electron chi connectivity index (χ2n) is 10.1. The number of aromatic nitrogens is 3. The van der Waals surface area contributed by atoms with E-state index < -0.39 is 0 Å². The van der Waals surface area contributed by atoms with Crippen LogP contribution < -0.4 is 5.73 Å². The maximum absolute atomic E-state index is 13.2. The molecule has 1 atom stereocenters. The first-order valence-electron chi connectivity index (χ1n) is 12.7. The van der Waals surface area contributed by atoms with E-state index in [4.69, 9.17) is 10.7 Å². The molecule has 3 aromatic heterocycles. The monoisotopic (exact) mass is 455 g/mol. The van der Waals surface area contributed by atoms with Crippen LogP contribution in [0.25, 0.3) is 27.9 Å². The SMILES string of the molecule is CCc1cccc2cc(-c3nc4cc(C(=O)N5CCC[C@@H](N)C5)ccn4c3C)n(CC3CC3)c12. The van der Waals surface area contributed by atoms with Gasteiger partial charge in [-0.1, -0.05) is 25.1 Å². The first-order chi connectivity index (χ1) is 16.5. The number of amides is 1. The molecule has 1 aliphatic carbocycles. The molecule has 1 amide bonds. The molecule has 6 rings (SSSR count). The number of aryl methyl sites for hydroxylation is 2. The summed E-state index contributed by atoms with van der Waals surface area (Å²) in [5.41, 5.74) is 13.6. The van der Waals surface area contributed by atoms with Crippen LogP contribution in [0.3, 0.4) is 0 Å². The number of para-hydroxylation sites is 1. The number of fused-ring (bicyclic) bond motifs is 2. The number of benzene rings is 1. The highest BCUT2D eigenvalue weighted by atomic mass is 16.2. The van der Waals surface area contributed by atoms with E-state index in [1.54, 1.807) is 0 Å². The molecule has 0 bridgehead atoms. The van der Waals surface area contributed by atoms with Gasteiger partial charge in [-0.3, -0.25) is 4.79 Å². The Labute approximate surface area is 200 Å². The van der Waals surface area contributed by atoms with Crippen molar-refractivity contribution in [2.24, 2.45) is 11.7 Å². The summed E-state index contributed by atoms with van der Waals surface area (Å²) < 4.78 is 4.61. The molecule has 4 heterocycles. The average Bonchev–Trinajstić information content (AvgIpc) is 3.52. The molecule has 176 valence electrons. The van der Waals surface area contributed by atoms with Crippen molar-refractivity contribution in [2.75, 3.05) is 13.1 Å². The van der Waals surface area contributed by atoms with Crippen LogP contribution in [0.15, 0.2) is 42.6 Å². The minimum absolute atomic E-state index is 0.0512. The van der Waals surface area contributed by atoms with Gasteiger partial charge in [-0.15, -0.1) is 0 Å². The third-order valence-electron chi connectivity index (χ3n) is 7.62. The number of pyridine rings is 1. The number of nitrogens with zero attached hydrogens (tertiary/aromatic N) is 4. The normalized spacial score (nSPS) is 18.8. The highest BCUT2D eigenvalue weighted by Crippen LogP contribution is 2.37. The first-order valence-corrected chi connectivity index (χ1v) is 12.7. The fourth-order valence-electron chi connectivity index (χ4n) is 5.55. The Morgan fingerprint density at radius 3 is 2.79 bits per heavy atom. The van der Waals surface area contributed by atoms with Crippen LogP contribution in [-0.2, 0) is 13.0 Å². The fraction of sp³-hybridized carbons (Fsp3) is 0.429. The third kappa shape index (κ3) is 3.61. The van der Waals surface area contributed by atoms with Crippen LogP contribution >= 0.6 is 0 Å². The van der Waals surface area contributed by atoms with Gasteiger partial charge < -0.3 is 19.6 Å². The molecule has 0 spiro atoms. The van der Waals surface area contributed by atoms with E-state index in [1.165, 1.54) is 35.0 Å². The molecule has 6 nitrogen and oxygen atoms in total. The molecule has 0 radical (unpaired) electrons. The Balaban J connectivity index is 1.44. The van der Waals surface area contributed by atoms with E-state index in [-0.39, 0.29) is 11.9 Å². The van der Waals surface area contributed by atoms with Crippen molar-refractivity contribution in [2.45, 2.75) is 58.5 Å². The Hall–Kier alpha value is -3.12. The zero-order chi connectivity index (χ0) is 23.4. The lowest BCUT2D eigenvalue weighted by molar-refractivity contribution is 0.0709. The maximum atomic E-state index is 13.2. The highest BCUT2D eigenvalue weighted by Gasteiger charge is 2.27. The van der Waals surface area contributed by atoms with Crippen molar-refractivity contribution in [3.05, 3.63) is 59.4 Å². The molecule has 0 unspecified atom stereocenters. The van der Waals surface area contributed by atoms with Gasteiger partial charge in [0.1, 0.15) is 11.3 Å². The minimum atomic E-state index is 0.0512. The molecule has 1 aromatic carbocycles. The molecule has 2 aliphatic rings. The van der Waals surface area contributed by atoms with E-state index in [0.717, 1.165) is 55.3 Å². The molecular formula is C28H33N5O. The summed E-state index contributed by atoms with van der Waals surface area (Å²) in [5, 5.41) is 1.28. The van der Waals surface area contributed by atoms with Crippen LogP contribution in [0.1, 0.15) is 54.2 Å². The van der Waals surface area contributed by atoms with Crippen LogP contribution in [0, 0.1) is 12.8 Å². The van der Waals surface area contributed by atoms with Crippen molar-refractivity contribution in [3.63, 3.8) is 0 Å². The highest BCUT2D eigenvalue weighted by molar-refractivity contribution is 5.95. The molecule has 1 saturated heterocycles. The molecule has 6 heteroatoms. The van der Waals surface area contributed by atoms with Gasteiger partial charge in [0.05, 0.1) is 11.2 Å². The first kappa shape index (κ1) is 21.4. The fourth-order valence-corrected chi connectivity index (χ4v) is 5.55. The Kier molecular flexibility index (Phi) is 5.21. The average molecular weight is 456 g/mol. The second-order valence-corrected chi connectivity index (χ2v) is 10.1. The van der Waals surface area contributed by atoms with Crippen molar-refractivity contribution in [1.82, 2.24) is 18.9 Å². The largest absolute Gasteiger partial charge is 0.339 e. The predicted octanol–water partition coefficient (Wildman–Crippen LogP) is 4.80. The number of piperidine rings is 1. The van der Waals surface area contributed by atoms with E-state index in [1.807, 2.05) is 23.2 Å². The summed E-state index contributed by atoms with van der Waals surface area (Å²) in [6.45, 7) is 6.80. The minimum Gasteiger partial charge on any atom is -0.339 e. The van der Waals surface area contributed by atoms with Crippen LogP contribution in [0.2, 0.25) is 0 Å². The third-order valence-corrected chi connectivity index (χ3v) is 7.62. The van der Waals surface area contributed by atoms with Gasteiger partial charge in [-0.2, -0.15) is 0 Å². The summed E-state index contributed by atoms with van der Waals surface area (Å²) in [6, 6.07) is 12.8. The zero-order valence-corrected chi connectivity index (χ0v) is 20.1. The van der Waals surface area contributed by atoms with Gasteiger partial charge >= 0.3 is 0 Å². The number of hydrogen-bond donors (Lipinski definition) is 1. The van der Waals surface area contributed by atoms with Gasteiger partial charge in [0, 0.05) is 48.5 Å². The van der Waals surface area contributed by atoms with Crippen LogP contribution in [0.4, 0.5) is 0 Å². The number of rotatable bonds is 5. The number of imidazole rings is 1. The smallest absolute Gasteiger partial charge is 0.254 e. The Morgan fingerprint density at radius 1 is 1.18 bits per heavy atom. The van der Waals surface area contributed by atoms with Gasteiger partial charge in [0.2, 0.25) is 0 Å². The van der Waals surface area contributed by atoms with Crippen molar-refractivity contribution >= 4 is 22.5 Å². The van der Waals surface area contributed by atoms with Crippen LogP contribution in [-0.4, -0.2) is 43.9 Å². The molecule has 2 fully saturated rings. The standard InChI is InChI=1S/C28H33N5O/c1-3-20-6-4-7-21-14-24(33(27(20)21)16-19-9-10-19)26-18(2)32-13-11-22(15-25(32)30-26)28(34)31-12-5-8-23(29)17-31/h4,6-7,11,13-15,19,23H,3,5,8-10,12,16-17,29H2,1-2H3/t23-/m1/s1. The zero-order valence-electron chi connectivity index (χ0n) is 20.1. The summed E-state index contributed by atoms with van der Waals surface area (Å²) >= 11 is 0. The second kappa shape index (κ2) is 8.27. The summed E-state index contributed by atoms with van der Waals surface area (Å²) in [6.07, 6.45) is 7.57. The number of hydrogen-bond acceptors (Lipinski definition) is 3. The summed E-state index contributed by atoms with van der Waals surface area (Å²) in [4.78, 5) is 20.1. The quantitative estimate of drug-likeness (QED) is 0.470. The number of carbonyl (C=O) groups excluding carboxylic acids is 1. The lowest BCUT2D eigenvalue weighted by Gasteiger charge is -2.30. The number of nitrogens with two attached hydrogens (primary N) is 1. The molecule has 34 heavy (non-hydrogen) atoms. The lowest BCUT2D eigenvalue weighted by Crippen LogP contribution is -2.45. The van der Waals surface area contributed by atoms with Gasteiger partial charge in [-0.05, 0) is 68.7 Å². The number of carbonyl (C=O) groups is 1. The van der Waals surface area contributed by atoms with E-state index >= 15 is 0 Å². The maximum Gasteiger partial charge on any atom is 0.254 e. The van der Waals surface area contributed by atoms with E-state index in [0.29, 0.717) is 12.1 Å². The summed E-state index contributed by atoms with van der Waals surface area (Å²) in [7, 11) is 0. The van der Waals surface area contributed by atoms with Crippen LogP contribution in [0.5, 0.6) is 0 Å². The predicted molar refractivity (Wildman–Crippen MR) is 136 cm³/mol.